The van der Waals surface area contributed by atoms with Crippen LogP contribution in [0.4, 0.5) is 0 Å². The number of hydrogen-bond acceptors (Lipinski definition) is 1. The van der Waals surface area contributed by atoms with Crippen molar-refractivity contribution in [1.82, 2.24) is 9.97 Å². The smallest absolute Gasteiger partial charge is 0.112 e. The first-order valence-electron chi connectivity index (χ1n) is 6.70. The van der Waals surface area contributed by atoms with Gasteiger partial charge in [0.15, 0.2) is 0 Å². The zero-order chi connectivity index (χ0) is 13.4. The fourth-order valence-corrected chi connectivity index (χ4v) is 1.84. The molecule has 0 saturated heterocycles. The Kier molecular flexibility index (Phi) is 3.75. The molecule has 1 aromatic heterocycles. The molecule has 0 aliphatic rings. The van der Waals surface area contributed by atoms with E-state index in [1.54, 1.807) is 0 Å². The van der Waals surface area contributed by atoms with Crippen LogP contribution >= 0.6 is 0 Å². The molecule has 0 fully saturated rings. The molecule has 0 aliphatic carbocycles. The van der Waals surface area contributed by atoms with Gasteiger partial charge in [-0.1, -0.05) is 55.4 Å². The molecule has 0 aliphatic heterocycles. The molecule has 0 saturated carbocycles. The Morgan fingerprint density at radius 2 is 1.65 bits per heavy atom. The number of hydrogen-bond donors (Lipinski definition) is 1. The summed E-state index contributed by atoms with van der Waals surface area (Å²) in [6.45, 7) is 17.9. The van der Waals surface area contributed by atoms with Crippen LogP contribution in [-0.2, 0) is 10.8 Å². The zero-order valence-electron chi connectivity index (χ0n) is 12.7. The molecule has 0 atom stereocenters. The summed E-state index contributed by atoms with van der Waals surface area (Å²) in [7, 11) is 0. The fraction of sp³-hybridized carbons (Fsp3) is 0.800. The van der Waals surface area contributed by atoms with Gasteiger partial charge >= 0.3 is 0 Å². The molecule has 1 rings (SSSR count). The van der Waals surface area contributed by atoms with Crippen LogP contribution in [0.5, 0.6) is 0 Å². The quantitative estimate of drug-likeness (QED) is 0.821. The summed E-state index contributed by atoms with van der Waals surface area (Å²) in [5.41, 5.74) is 2.80. The van der Waals surface area contributed by atoms with Crippen LogP contribution in [0.1, 0.15) is 84.9 Å². The van der Waals surface area contributed by atoms with Gasteiger partial charge in [-0.05, 0) is 12.3 Å². The Balaban J connectivity index is 3.34. The number of rotatable bonds is 3. The van der Waals surface area contributed by atoms with Gasteiger partial charge in [0.05, 0.1) is 5.69 Å². The van der Waals surface area contributed by atoms with Crippen LogP contribution < -0.4 is 0 Å². The molecule has 0 unspecified atom stereocenters. The molecule has 2 nitrogen and oxygen atoms in total. The van der Waals surface area contributed by atoms with E-state index in [1.807, 2.05) is 0 Å². The van der Waals surface area contributed by atoms with E-state index in [0.29, 0.717) is 5.92 Å². The normalized spacial score (nSPS) is 13.5. The van der Waals surface area contributed by atoms with Crippen molar-refractivity contribution in [2.75, 3.05) is 0 Å². The number of aromatic amines is 1. The molecule has 0 bridgehead atoms. The SMILES string of the molecule is CCC(C)(C)c1nc(C(C)(C)C)[nH]c1C(C)C. The van der Waals surface area contributed by atoms with Crippen LogP contribution in [0.25, 0.3) is 0 Å². The third kappa shape index (κ3) is 2.91. The van der Waals surface area contributed by atoms with Crippen LogP contribution in [0.15, 0.2) is 0 Å². The van der Waals surface area contributed by atoms with Gasteiger partial charge in [0.2, 0.25) is 0 Å². The van der Waals surface area contributed by atoms with Gasteiger partial charge in [0.1, 0.15) is 5.82 Å². The van der Waals surface area contributed by atoms with E-state index >= 15 is 0 Å². The van der Waals surface area contributed by atoms with Crippen molar-refractivity contribution in [3.63, 3.8) is 0 Å². The number of H-pyrrole nitrogens is 1. The molecule has 98 valence electrons. The summed E-state index contributed by atoms with van der Waals surface area (Å²) in [4.78, 5) is 8.44. The third-order valence-corrected chi connectivity index (χ3v) is 3.54. The van der Waals surface area contributed by atoms with Crippen LogP contribution in [0.2, 0.25) is 0 Å². The van der Waals surface area contributed by atoms with Gasteiger partial charge < -0.3 is 4.98 Å². The van der Waals surface area contributed by atoms with Crippen molar-refractivity contribution in [3.05, 3.63) is 17.2 Å². The van der Waals surface area contributed by atoms with Gasteiger partial charge in [-0.2, -0.15) is 0 Å². The predicted octanol–water partition coefficient (Wildman–Crippen LogP) is 4.52. The molecule has 1 N–H and O–H groups in total. The summed E-state index contributed by atoms with van der Waals surface area (Å²) >= 11 is 0. The highest BCUT2D eigenvalue weighted by Crippen LogP contribution is 2.33. The van der Waals surface area contributed by atoms with Gasteiger partial charge in [-0.3, -0.25) is 0 Å². The minimum absolute atomic E-state index is 0.0890. The number of aromatic nitrogens is 2. The first kappa shape index (κ1) is 14.3. The molecule has 1 aromatic rings. The summed E-state index contributed by atoms with van der Waals surface area (Å²) < 4.78 is 0. The second-order valence-electron chi connectivity index (χ2n) is 6.99. The maximum absolute atomic E-state index is 4.89. The summed E-state index contributed by atoms with van der Waals surface area (Å²) in [6, 6.07) is 0. The molecule has 0 aromatic carbocycles. The largest absolute Gasteiger partial charge is 0.345 e. The summed E-state index contributed by atoms with van der Waals surface area (Å²) in [6.07, 6.45) is 1.11. The second kappa shape index (κ2) is 4.47. The molecular weight excluding hydrogens is 208 g/mol. The first-order chi connectivity index (χ1) is 7.59. The Morgan fingerprint density at radius 3 is 2.00 bits per heavy atom. The predicted molar refractivity (Wildman–Crippen MR) is 74.7 cm³/mol. The molecule has 17 heavy (non-hydrogen) atoms. The lowest BCUT2D eigenvalue weighted by Gasteiger charge is -2.23. The standard InChI is InChI=1S/C15H28N2/c1-9-15(7,8)12-11(10(2)3)16-13(17-12)14(4,5)6/h10H,9H2,1-8H3,(H,16,17). The number of imidazole rings is 1. The van der Waals surface area contributed by atoms with E-state index in [2.05, 4.69) is 60.4 Å². The maximum Gasteiger partial charge on any atom is 0.112 e. The summed E-state index contributed by atoms with van der Waals surface area (Å²) in [5, 5.41) is 0. The van der Waals surface area contributed by atoms with E-state index < -0.39 is 0 Å². The highest BCUT2D eigenvalue weighted by molar-refractivity contribution is 5.27. The lowest BCUT2D eigenvalue weighted by molar-refractivity contribution is 0.479. The third-order valence-electron chi connectivity index (χ3n) is 3.54. The van der Waals surface area contributed by atoms with E-state index in [1.165, 1.54) is 11.4 Å². The Bertz CT molecular complexity index is 378. The number of nitrogens with zero attached hydrogens (tertiary/aromatic N) is 1. The summed E-state index contributed by atoms with van der Waals surface area (Å²) in [5.74, 6) is 1.61. The van der Waals surface area contributed by atoms with Crippen molar-refractivity contribution in [3.8, 4) is 0 Å². The lowest BCUT2D eigenvalue weighted by atomic mass is 9.83. The topological polar surface area (TPSA) is 28.7 Å². The average Bonchev–Trinajstić information content (AvgIpc) is 2.61. The Labute approximate surface area is 106 Å². The van der Waals surface area contributed by atoms with Crippen molar-refractivity contribution < 1.29 is 0 Å². The van der Waals surface area contributed by atoms with Crippen molar-refractivity contribution in [1.29, 1.82) is 0 Å². The minimum atomic E-state index is 0.0890. The van der Waals surface area contributed by atoms with Gasteiger partial charge in [0, 0.05) is 16.5 Å². The first-order valence-corrected chi connectivity index (χ1v) is 6.70. The highest BCUT2D eigenvalue weighted by atomic mass is 15.0. The monoisotopic (exact) mass is 236 g/mol. The maximum atomic E-state index is 4.89. The molecule has 1 heterocycles. The minimum Gasteiger partial charge on any atom is -0.345 e. The second-order valence-corrected chi connectivity index (χ2v) is 6.99. The van der Waals surface area contributed by atoms with Crippen molar-refractivity contribution in [2.24, 2.45) is 0 Å². The van der Waals surface area contributed by atoms with Gasteiger partial charge in [-0.15, -0.1) is 0 Å². The van der Waals surface area contributed by atoms with Gasteiger partial charge in [-0.25, -0.2) is 4.98 Å². The fourth-order valence-electron chi connectivity index (χ4n) is 1.84. The van der Waals surface area contributed by atoms with Crippen LogP contribution in [0, 0.1) is 0 Å². The molecule has 0 radical (unpaired) electrons. The van der Waals surface area contributed by atoms with E-state index in [0.717, 1.165) is 12.2 Å². The van der Waals surface area contributed by atoms with E-state index in [4.69, 9.17) is 4.98 Å². The lowest BCUT2D eigenvalue weighted by Crippen LogP contribution is -2.19. The molecule has 0 amide bonds. The Hall–Kier alpha value is -0.790. The van der Waals surface area contributed by atoms with Gasteiger partial charge in [0.25, 0.3) is 0 Å². The molecule has 0 spiro atoms. The van der Waals surface area contributed by atoms with Crippen molar-refractivity contribution in [2.45, 2.75) is 78.6 Å². The average molecular weight is 236 g/mol. The highest BCUT2D eigenvalue weighted by Gasteiger charge is 2.29. The number of nitrogens with one attached hydrogen (secondary N) is 1. The van der Waals surface area contributed by atoms with Crippen molar-refractivity contribution >= 4 is 0 Å². The molecular formula is C15H28N2. The zero-order valence-corrected chi connectivity index (χ0v) is 12.7. The van der Waals surface area contributed by atoms with Crippen LogP contribution in [0.3, 0.4) is 0 Å². The van der Waals surface area contributed by atoms with E-state index in [9.17, 15) is 0 Å². The van der Waals surface area contributed by atoms with Crippen LogP contribution in [-0.4, -0.2) is 9.97 Å². The molecule has 2 heteroatoms. The van der Waals surface area contributed by atoms with E-state index in [-0.39, 0.29) is 10.8 Å². The Morgan fingerprint density at radius 1 is 1.12 bits per heavy atom.